The van der Waals surface area contributed by atoms with Crippen molar-refractivity contribution in [1.29, 1.82) is 0 Å². The number of nitrogens with zero attached hydrogens (tertiary/aromatic N) is 2. The maximum Gasteiger partial charge on any atom is 0.270 e. The molecule has 0 radical (unpaired) electrons. The van der Waals surface area contributed by atoms with Crippen LogP contribution < -0.4 is 4.74 Å². The molecule has 4 aromatic rings. The number of carbonyl (C=O) groups excluding carboxylic acids is 1. The lowest BCUT2D eigenvalue weighted by Crippen LogP contribution is -2.39. The molecule has 0 saturated carbocycles. The summed E-state index contributed by atoms with van der Waals surface area (Å²) in [6.07, 6.45) is 4.27. The molecule has 1 N–H and O–H groups in total. The van der Waals surface area contributed by atoms with Gasteiger partial charge in [0.15, 0.2) is 5.89 Å². The number of rotatable bonds is 5. The number of likely N-dealkylation sites (tertiary alicyclic amines) is 1. The fourth-order valence-corrected chi connectivity index (χ4v) is 4.61. The fourth-order valence-electron chi connectivity index (χ4n) is 4.40. The van der Waals surface area contributed by atoms with Crippen molar-refractivity contribution in [3.8, 4) is 5.75 Å². The molecule has 164 valence electrons. The number of hydrogen-bond acceptors (Lipinski definition) is 4. The normalized spacial score (nSPS) is 16.4. The Hall–Kier alpha value is -3.25. The molecule has 2 aromatic carbocycles. The summed E-state index contributed by atoms with van der Waals surface area (Å²) >= 11 is 6.08. The molecular formula is C25H24ClN3O3. The van der Waals surface area contributed by atoms with Crippen molar-refractivity contribution >= 4 is 28.4 Å². The number of methoxy groups -OCH3 is 1. The highest BCUT2D eigenvalue weighted by molar-refractivity contribution is 6.30. The Morgan fingerprint density at radius 1 is 1.28 bits per heavy atom. The van der Waals surface area contributed by atoms with Gasteiger partial charge in [0.05, 0.1) is 19.2 Å². The van der Waals surface area contributed by atoms with Crippen molar-refractivity contribution < 1.29 is 13.9 Å². The van der Waals surface area contributed by atoms with Crippen LogP contribution in [0.3, 0.4) is 0 Å². The summed E-state index contributed by atoms with van der Waals surface area (Å²) in [7, 11) is 1.63. The number of fused-ring (bicyclic) bond motifs is 1. The first kappa shape index (κ1) is 20.6. The minimum absolute atomic E-state index is 0.0151. The Morgan fingerprint density at radius 3 is 3.00 bits per heavy atom. The van der Waals surface area contributed by atoms with Gasteiger partial charge in [-0.05, 0) is 48.7 Å². The number of nitrogens with one attached hydrogen (secondary N) is 1. The summed E-state index contributed by atoms with van der Waals surface area (Å²) in [5.74, 6) is 2.31. The van der Waals surface area contributed by atoms with Gasteiger partial charge in [-0.2, -0.15) is 0 Å². The van der Waals surface area contributed by atoms with E-state index in [1.165, 1.54) is 0 Å². The van der Waals surface area contributed by atoms with E-state index in [1.54, 1.807) is 13.3 Å². The molecule has 5 rings (SSSR count). The number of carbonyl (C=O) groups is 1. The number of aromatic amines is 1. The number of hydrogen-bond donors (Lipinski definition) is 1. The summed E-state index contributed by atoms with van der Waals surface area (Å²) in [5.41, 5.74) is 2.54. The van der Waals surface area contributed by atoms with Gasteiger partial charge in [0.2, 0.25) is 0 Å². The standard InChI is InChI=1S/C25H24ClN3O3/c1-31-23-9-3-8-21-20(23)13-22(28-21)25(30)29-10-4-6-17(15-29)24-27-14-19(32-24)12-16-5-2-7-18(26)11-16/h2-3,5,7-9,11,13-14,17,28H,4,6,10,12,15H2,1H3/t17-/m1/s1. The summed E-state index contributed by atoms with van der Waals surface area (Å²) in [4.78, 5) is 22.9. The van der Waals surface area contributed by atoms with Gasteiger partial charge >= 0.3 is 0 Å². The van der Waals surface area contributed by atoms with Crippen molar-refractivity contribution in [1.82, 2.24) is 14.9 Å². The van der Waals surface area contributed by atoms with Gasteiger partial charge in [0.25, 0.3) is 5.91 Å². The van der Waals surface area contributed by atoms with Crippen LogP contribution in [0.2, 0.25) is 5.02 Å². The van der Waals surface area contributed by atoms with Crippen LogP contribution in [0.5, 0.6) is 5.75 Å². The molecule has 1 aliphatic rings. The molecule has 7 heteroatoms. The zero-order chi connectivity index (χ0) is 22.1. The molecule has 1 fully saturated rings. The van der Waals surface area contributed by atoms with E-state index in [-0.39, 0.29) is 11.8 Å². The summed E-state index contributed by atoms with van der Waals surface area (Å²) in [6.45, 7) is 1.31. The largest absolute Gasteiger partial charge is 0.496 e. The summed E-state index contributed by atoms with van der Waals surface area (Å²) < 4.78 is 11.5. The van der Waals surface area contributed by atoms with Gasteiger partial charge in [-0.3, -0.25) is 4.79 Å². The van der Waals surface area contributed by atoms with E-state index >= 15 is 0 Å². The van der Waals surface area contributed by atoms with Crippen LogP contribution in [0.1, 0.15) is 46.5 Å². The molecule has 32 heavy (non-hydrogen) atoms. The highest BCUT2D eigenvalue weighted by Gasteiger charge is 2.29. The Morgan fingerprint density at radius 2 is 2.16 bits per heavy atom. The smallest absolute Gasteiger partial charge is 0.270 e. The van der Waals surface area contributed by atoms with E-state index in [2.05, 4.69) is 9.97 Å². The first-order chi connectivity index (χ1) is 15.6. The topological polar surface area (TPSA) is 71.4 Å². The molecule has 1 amide bonds. The van der Waals surface area contributed by atoms with Crippen molar-refractivity contribution in [3.05, 3.63) is 82.7 Å². The number of H-pyrrole nitrogens is 1. The highest BCUT2D eigenvalue weighted by Crippen LogP contribution is 2.30. The van der Waals surface area contributed by atoms with Gasteiger partial charge in [-0.25, -0.2) is 4.98 Å². The second kappa shape index (κ2) is 8.71. The van der Waals surface area contributed by atoms with Gasteiger partial charge in [-0.1, -0.05) is 29.8 Å². The number of oxazole rings is 1. The third kappa shape index (κ3) is 4.10. The van der Waals surface area contributed by atoms with Crippen LogP contribution in [0.15, 0.2) is 59.1 Å². The highest BCUT2D eigenvalue weighted by atomic mass is 35.5. The van der Waals surface area contributed by atoms with Crippen molar-refractivity contribution in [3.63, 3.8) is 0 Å². The Bertz CT molecular complexity index is 1260. The van der Waals surface area contributed by atoms with E-state index in [0.717, 1.165) is 47.4 Å². The van der Waals surface area contributed by atoms with Gasteiger partial charge in [-0.15, -0.1) is 0 Å². The van der Waals surface area contributed by atoms with E-state index in [4.69, 9.17) is 20.8 Å². The quantitative estimate of drug-likeness (QED) is 0.441. The molecule has 1 aliphatic heterocycles. The zero-order valence-corrected chi connectivity index (χ0v) is 18.6. The molecular weight excluding hydrogens is 426 g/mol. The number of ether oxygens (including phenoxy) is 1. The fraction of sp³-hybridized carbons (Fsp3) is 0.280. The molecule has 0 unspecified atom stereocenters. The Labute approximate surface area is 191 Å². The molecule has 1 saturated heterocycles. The molecule has 6 nitrogen and oxygen atoms in total. The second-order valence-electron chi connectivity index (χ2n) is 8.17. The Kier molecular flexibility index (Phi) is 5.62. The SMILES string of the molecule is COc1cccc2[nH]c(C(=O)N3CCC[C@@H](c4ncc(Cc5cccc(Cl)c5)o4)C3)cc12. The van der Waals surface area contributed by atoms with E-state index in [0.29, 0.717) is 29.6 Å². The zero-order valence-electron chi connectivity index (χ0n) is 17.8. The monoisotopic (exact) mass is 449 g/mol. The molecule has 1 atom stereocenters. The van der Waals surface area contributed by atoms with Crippen LogP contribution in [-0.4, -0.2) is 41.0 Å². The van der Waals surface area contributed by atoms with Crippen LogP contribution >= 0.6 is 11.6 Å². The molecule has 2 aromatic heterocycles. The van der Waals surface area contributed by atoms with Crippen LogP contribution in [0.25, 0.3) is 10.9 Å². The average Bonchev–Trinajstić information content (AvgIpc) is 3.46. The molecule has 0 spiro atoms. The minimum atomic E-state index is -0.0151. The summed E-state index contributed by atoms with van der Waals surface area (Å²) in [5, 5.41) is 1.61. The number of amides is 1. The van der Waals surface area contributed by atoms with Crippen LogP contribution in [0.4, 0.5) is 0 Å². The van der Waals surface area contributed by atoms with E-state index in [9.17, 15) is 4.79 Å². The number of piperidine rings is 1. The van der Waals surface area contributed by atoms with Gasteiger partial charge in [0.1, 0.15) is 17.2 Å². The number of halogens is 1. The van der Waals surface area contributed by atoms with Crippen molar-refractivity contribution in [2.45, 2.75) is 25.2 Å². The first-order valence-corrected chi connectivity index (χ1v) is 11.1. The minimum Gasteiger partial charge on any atom is -0.496 e. The van der Waals surface area contributed by atoms with Gasteiger partial charge in [0, 0.05) is 35.4 Å². The lowest BCUT2D eigenvalue weighted by molar-refractivity contribution is 0.0693. The second-order valence-corrected chi connectivity index (χ2v) is 8.60. The molecule has 0 aliphatic carbocycles. The maximum absolute atomic E-state index is 13.2. The predicted octanol–water partition coefficient (Wildman–Crippen LogP) is 5.43. The molecule has 3 heterocycles. The number of benzene rings is 2. The summed E-state index contributed by atoms with van der Waals surface area (Å²) in [6, 6.07) is 15.4. The lowest BCUT2D eigenvalue weighted by atomic mass is 9.97. The number of aromatic nitrogens is 2. The molecule has 0 bridgehead atoms. The third-order valence-corrected chi connectivity index (χ3v) is 6.21. The van der Waals surface area contributed by atoms with E-state index in [1.807, 2.05) is 53.4 Å². The third-order valence-electron chi connectivity index (χ3n) is 5.97. The predicted molar refractivity (Wildman–Crippen MR) is 123 cm³/mol. The van der Waals surface area contributed by atoms with Crippen molar-refractivity contribution in [2.24, 2.45) is 0 Å². The Balaban J connectivity index is 1.30. The van der Waals surface area contributed by atoms with Crippen LogP contribution in [0, 0.1) is 0 Å². The maximum atomic E-state index is 13.2. The van der Waals surface area contributed by atoms with Crippen LogP contribution in [-0.2, 0) is 6.42 Å². The average molecular weight is 450 g/mol. The van der Waals surface area contributed by atoms with E-state index < -0.39 is 0 Å². The van der Waals surface area contributed by atoms with Gasteiger partial charge < -0.3 is 19.0 Å². The lowest BCUT2D eigenvalue weighted by Gasteiger charge is -2.31. The first-order valence-electron chi connectivity index (χ1n) is 10.7. The van der Waals surface area contributed by atoms with Crippen molar-refractivity contribution in [2.75, 3.05) is 20.2 Å².